The smallest absolute Gasteiger partial charge is 0.121 e. The Balaban J connectivity index is 0.000000177. The van der Waals surface area contributed by atoms with Crippen molar-refractivity contribution in [2.24, 2.45) is 0 Å². The highest BCUT2D eigenvalue weighted by Gasteiger charge is 2.24. The molecule has 0 aliphatic carbocycles. The Hall–Kier alpha value is -6.60. The van der Waals surface area contributed by atoms with Gasteiger partial charge in [-0.25, -0.2) is 0 Å². The van der Waals surface area contributed by atoms with E-state index in [2.05, 4.69) is 97.3 Å². The lowest BCUT2D eigenvalue weighted by molar-refractivity contribution is 0.414. The predicted octanol–water partition coefficient (Wildman–Crippen LogP) is 12.0. The summed E-state index contributed by atoms with van der Waals surface area (Å²) in [5, 5.41) is 33.5. The fourth-order valence-corrected chi connectivity index (χ4v) is 7.64. The molecule has 0 amide bonds. The number of aromatic hydroxyl groups is 2. The van der Waals surface area contributed by atoms with E-state index in [1.54, 1.807) is 26.4 Å². The summed E-state index contributed by atoms with van der Waals surface area (Å²) in [6, 6.07) is 60.4. The van der Waals surface area contributed by atoms with E-state index in [-0.39, 0.29) is 24.2 Å². The van der Waals surface area contributed by atoms with Gasteiger partial charge in [0, 0.05) is 23.2 Å². The van der Waals surface area contributed by atoms with Gasteiger partial charge in [-0.3, -0.25) is 10.6 Å². The molecule has 8 aromatic rings. The zero-order valence-electron chi connectivity index (χ0n) is 33.3. The van der Waals surface area contributed by atoms with Crippen LogP contribution in [0.3, 0.4) is 0 Å². The van der Waals surface area contributed by atoms with Gasteiger partial charge in [0.25, 0.3) is 0 Å². The van der Waals surface area contributed by atoms with Crippen LogP contribution in [0.1, 0.15) is 71.4 Å². The van der Waals surface area contributed by atoms with E-state index in [0.29, 0.717) is 11.5 Å². The maximum absolute atomic E-state index is 10.8. The van der Waals surface area contributed by atoms with Crippen molar-refractivity contribution < 1.29 is 19.7 Å². The van der Waals surface area contributed by atoms with Crippen molar-refractivity contribution in [2.75, 3.05) is 14.2 Å². The summed E-state index contributed by atoms with van der Waals surface area (Å²) in [4.78, 5) is 0. The van der Waals surface area contributed by atoms with Crippen molar-refractivity contribution in [2.45, 2.75) is 38.0 Å². The molecule has 0 saturated heterocycles. The van der Waals surface area contributed by atoms with Gasteiger partial charge in [-0.15, -0.1) is 0 Å². The summed E-state index contributed by atoms with van der Waals surface area (Å²) in [7, 11) is 3.34. The molecule has 4 atom stereocenters. The van der Waals surface area contributed by atoms with Crippen LogP contribution in [0.2, 0.25) is 0 Å². The van der Waals surface area contributed by atoms with E-state index in [4.69, 9.17) is 9.47 Å². The van der Waals surface area contributed by atoms with E-state index in [1.807, 2.05) is 97.1 Å². The summed E-state index contributed by atoms with van der Waals surface area (Å²) >= 11 is 0. The van der Waals surface area contributed by atoms with Crippen molar-refractivity contribution >= 4 is 21.5 Å². The number of nitrogens with one attached hydrogen (secondary N) is 2. The minimum Gasteiger partial charge on any atom is -0.508 e. The van der Waals surface area contributed by atoms with Gasteiger partial charge in [-0.2, -0.15) is 0 Å². The lowest BCUT2D eigenvalue weighted by Crippen LogP contribution is -2.26. The fraction of sp³-hybridized carbons (Fsp3) is 0.154. The van der Waals surface area contributed by atoms with Crippen molar-refractivity contribution in [1.82, 2.24) is 10.6 Å². The molecule has 0 unspecified atom stereocenters. The molecule has 0 bridgehead atoms. The first kappa shape index (κ1) is 39.6. The van der Waals surface area contributed by atoms with Crippen LogP contribution in [0, 0.1) is 0 Å². The molecule has 6 heteroatoms. The lowest BCUT2D eigenvalue weighted by atomic mass is 9.91. The van der Waals surface area contributed by atoms with Crippen molar-refractivity contribution in [3.8, 4) is 23.0 Å². The van der Waals surface area contributed by atoms with Crippen LogP contribution >= 0.6 is 0 Å². The second-order valence-corrected chi connectivity index (χ2v) is 14.4. The quantitative estimate of drug-likeness (QED) is 0.0991. The van der Waals surface area contributed by atoms with E-state index in [0.717, 1.165) is 66.4 Å². The van der Waals surface area contributed by atoms with Crippen LogP contribution in [0.5, 0.6) is 23.0 Å². The molecule has 0 aliphatic rings. The van der Waals surface area contributed by atoms with Crippen LogP contribution in [-0.4, -0.2) is 24.4 Å². The summed E-state index contributed by atoms with van der Waals surface area (Å²) < 4.78 is 10.6. The third kappa shape index (κ3) is 9.00. The topological polar surface area (TPSA) is 83.0 Å². The fourth-order valence-electron chi connectivity index (χ4n) is 7.64. The monoisotopic (exact) mass is 766 g/mol. The van der Waals surface area contributed by atoms with Gasteiger partial charge in [-0.05, 0) is 94.0 Å². The molecule has 8 rings (SSSR count). The number of methoxy groups -OCH3 is 2. The van der Waals surface area contributed by atoms with Crippen molar-refractivity contribution in [3.63, 3.8) is 0 Å². The van der Waals surface area contributed by atoms with Crippen LogP contribution in [0.25, 0.3) is 21.5 Å². The van der Waals surface area contributed by atoms with Crippen molar-refractivity contribution in [1.29, 1.82) is 0 Å². The minimum absolute atomic E-state index is 0.0736. The molecule has 0 spiro atoms. The second-order valence-electron chi connectivity index (χ2n) is 14.4. The Bertz CT molecular complexity index is 2360. The molecule has 4 N–H and O–H groups in total. The number of hydrogen-bond acceptors (Lipinski definition) is 6. The molecule has 292 valence electrons. The first-order valence-corrected chi connectivity index (χ1v) is 19.7. The van der Waals surface area contributed by atoms with E-state index < -0.39 is 0 Å². The largest absolute Gasteiger partial charge is 0.508 e. The maximum Gasteiger partial charge on any atom is 0.121 e. The SMILES string of the molecule is COc1ccc([C@H](C)N[C@@H](c2ccccc2)c2c(O)ccc3ccccc23)cc1.COc1ccc([C@H](C)N[C@@H](c2ccccc2)c2c(O)ccc3ccccc23)cc1. The highest BCUT2D eigenvalue weighted by atomic mass is 16.5. The molecule has 0 fully saturated rings. The third-order valence-electron chi connectivity index (χ3n) is 10.8. The van der Waals surface area contributed by atoms with E-state index in [9.17, 15) is 10.2 Å². The third-order valence-corrected chi connectivity index (χ3v) is 10.8. The van der Waals surface area contributed by atoms with Gasteiger partial charge in [0.15, 0.2) is 0 Å². The first-order chi connectivity index (χ1) is 28.3. The number of phenolic OH excluding ortho intramolecular Hbond substituents is 2. The molecule has 58 heavy (non-hydrogen) atoms. The average Bonchev–Trinajstić information content (AvgIpc) is 3.28. The first-order valence-electron chi connectivity index (χ1n) is 19.7. The lowest BCUT2D eigenvalue weighted by Gasteiger charge is -2.26. The number of benzene rings is 8. The van der Waals surface area contributed by atoms with Crippen LogP contribution in [0.4, 0.5) is 0 Å². The Morgan fingerprint density at radius 1 is 0.379 bits per heavy atom. The molecule has 0 heterocycles. The molecular weight excluding hydrogens is 717 g/mol. The van der Waals surface area contributed by atoms with Gasteiger partial charge >= 0.3 is 0 Å². The molecule has 0 saturated carbocycles. The summed E-state index contributed by atoms with van der Waals surface area (Å²) in [6.07, 6.45) is 0. The molecule has 0 radical (unpaired) electrons. The Morgan fingerprint density at radius 3 is 1.09 bits per heavy atom. The average molecular weight is 767 g/mol. The molecular formula is C52H50N2O4. The zero-order chi connectivity index (χ0) is 40.4. The van der Waals surface area contributed by atoms with Crippen LogP contribution in [0.15, 0.2) is 182 Å². The summed E-state index contributed by atoms with van der Waals surface area (Å²) in [5.74, 6) is 2.28. The predicted molar refractivity (Wildman–Crippen MR) is 237 cm³/mol. The number of hydrogen-bond donors (Lipinski definition) is 4. The van der Waals surface area contributed by atoms with Gasteiger partial charge in [-0.1, -0.05) is 146 Å². The molecule has 0 aromatic heterocycles. The van der Waals surface area contributed by atoms with E-state index in [1.165, 1.54) is 0 Å². The van der Waals surface area contributed by atoms with Gasteiger partial charge < -0.3 is 19.7 Å². The maximum atomic E-state index is 10.8. The van der Waals surface area contributed by atoms with Crippen LogP contribution in [-0.2, 0) is 0 Å². The number of fused-ring (bicyclic) bond motifs is 2. The normalized spacial score (nSPS) is 13.2. The number of ether oxygens (including phenoxy) is 2. The summed E-state index contributed by atoms with van der Waals surface area (Å²) in [5.41, 5.74) is 6.33. The highest BCUT2D eigenvalue weighted by molar-refractivity contribution is 5.89. The second kappa shape index (κ2) is 18.6. The highest BCUT2D eigenvalue weighted by Crippen LogP contribution is 2.39. The van der Waals surface area contributed by atoms with E-state index >= 15 is 0 Å². The van der Waals surface area contributed by atoms with Gasteiger partial charge in [0.1, 0.15) is 23.0 Å². The van der Waals surface area contributed by atoms with Gasteiger partial charge in [0.05, 0.1) is 26.3 Å². The summed E-state index contributed by atoms with van der Waals surface area (Å²) in [6.45, 7) is 4.28. The Labute approximate surface area is 341 Å². The zero-order valence-corrected chi connectivity index (χ0v) is 33.3. The molecule has 8 aromatic carbocycles. The minimum atomic E-state index is -0.153. The molecule has 6 nitrogen and oxygen atoms in total. The number of phenols is 2. The van der Waals surface area contributed by atoms with Crippen LogP contribution < -0.4 is 20.1 Å². The van der Waals surface area contributed by atoms with Gasteiger partial charge in [0.2, 0.25) is 0 Å². The van der Waals surface area contributed by atoms with Crippen molar-refractivity contribution in [3.05, 3.63) is 215 Å². The standard InChI is InChI=1S/2C26H25NO2/c2*1-18(19-12-15-22(29-2)16-13-19)27-26(21-9-4-3-5-10-21)25-23-11-7-6-8-20(23)14-17-24(25)28/h2*3-18,26-28H,1-2H3/t2*18-,26-/m00/s1. The number of rotatable bonds is 12. The Morgan fingerprint density at radius 2 is 0.724 bits per heavy atom. The molecule has 0 aliphatic heterocycles. The Kier molecular flexibility index (Phi) is 12.7.